The SMILES string of the molecule is O=C(NCc1ccc(N2CCCCC2)nc1)c1cc2ccccc2c(=O)o1. The van der Waals surface area contributed by atoms with Gasteiger partial charge >= 0.3 is 5.63 Å². The largest absolute Gasteiger partial charge is 0.417 e. The first-order valence-electron chi connectivity index (χ1n) is 9.22. The third-order valence-electron chi connectivity index (χ3n) is 4.84. The van der Waals surface area contributed by atoms with Gasteiger partial charge in [-0.25, -0.2) is 9.78 Å². The van der Waals surface area contributed by atoms with Crippen LogP contribution in [-0.2, 0) is 6.54 Å². The lowest BCUT2D eigenvalue weighted by Crippen LogP contribution is -2.30. The standard InChI is InChI=1S/C21H21N3O3/c25-20(18-12-16-6-2-3-7-17(16)21(26)27-18)23-14-15-8-9-19(22-13-15)24-10-4-1-5-11-24/h2-3,6-9,12-13H,1,4-5,10-11,14H2,(H,23,25). The van der Waals surface area contributed by atoms with Crippen molar-refractivity contribution in [2.75, 3.05) is 18.0 Å². The van der Waals surface area contributed by atoms with Gasteiger partial charge in [0.05, 0.1) is 5.39 Å². The van der Waals surface area contributed by atoms with Crippen molar-refractivity contribution in [3.8, 4) is 0 Å². The zero-order chi connectivity index (χ0) is 18.6. The van der Waals surface area contributed by atoms with E-state index in [1.165, 1.54) is 19.3 Å². The molecule has 4 rings (SSSR count). The number of hydrogen-bond donors (Lipinski definition) is 1. The highest BCUT2D eigenvalue weighted by Crippen LogP contribution is 2.17. The molecular weight excluding hydrogens is 342 g/mol. The first kappa shape index (κ1) is 17.3. The van der Waals surface area contributed by atoms with Gasteiger partial charge in [-0.05, 0) is 48.4 Å². The molecule has 3 heterocycles. The first-order valence-corrected chi connectivity index (χ1v) is 9.22. The van der Waals surface area contributed by atoms with Crippen LogP contribution in [0.25, 0.3) is 10.8 Å². The molecule has 6 nitrogen and oxygen atoms in total. The van der Waals surface area contributed by atoms with Crippen LogP contribution in [-0.4, -0.2) is 24.0 Å². The van der Waals surface area contributed by atoms with Crippen molar-refractivity contribution >= 4 is 22.5 Å². The Balaban J connectivity index is 1.42. The molecule has 27 heavy (non-hydrogen) atoms. The number of hydrogen-bond acceptors (Lipinski definition) is 5. The van der Waals surface area contributed by atoms with Gasteiger partial charge in [-0.1, -0.05) is 24.3 Å². The number of nitrogens with zero attached hydrogens (tertiary/aromatic N) is 2. The van der Waals surface area contributed by atoms with E-state index in [2.05, 4.69) is 15.2 Å². The van der Waals surface area contributed by atoms with Crippen LogP contribution in [0.2, 0.25) is 0 Å². The molecule has 1 fully saturated rings. The summed E-state index contributed by atoms with van der Waals surface area (Å²) in [5, 5.41) is 3.93. The smallest absolute Gasteiger partial charge is 0.344 e. The molecule has 2 aromatic heterocycles. The van der Waals surface area contributed by atoms with Crippen LogP contribution in [0.1, 0.15) is 35.4 Å². The Bertz CT molecular complexity index is 1010. The molecule has 0 spiro atoms. The van der Waals surface area contributed by atoms with Gasteiger partial charge in [0.15, 0.2) is 5.76 Å². The monoisotopic (exact) mass is 363 g/mol. The predicted octanol–water partition coefficient (Wildman–Crippen LogP) is 3.11. The van der Waals surface area contributed by atoms with Gasteiger partial charge in [-0.15, -0.1) is 0 Å². The summed E-state index contributed by atoms with van der Waals surface area (Å²) in [5.41, 5.74) is 0.387. The minimum absolute atomic E-state index is 0.0107. The number of carbonyl (C=O) groups excluding carboxylic acids is 1. The number of pyridine rings is 1. The first-order chi connectivity index (χ1) is 13.2. The van der Waals surface area contributed by atoms with E-state index >= 15 is 0 Å². The minimum atomic E-state index is -0.509. The Morgan fingerprint density at radius 2 is 1.93 bits per heavy atom. The fourth-order valence-electron chi connectivity index (χ4n) is 3.35. The average Bonchev–Trinajstić information content (AvgIpc) is 2.73. The summed E-state index contributed by atoms with van der Waals surface area (Å²) < 4.78 is 5.15. The topological polar surface area (TPSA) is 75.4 Å². The molecule has 0 atom stereocenters. The average molecular weight is 363 g/mol. The number of aromatic nitrogens is 1. The third-order valence-corrected chi connectivity index (χ3v) is 4.84. The van der Waals surface area contributed by atoms with E-state index in [1.54, 1.807) is 30.5 Å². The maximum atomic E-state index is 12.4. The number of fused-ring (bicyclic) bond motifs is 1. The third kappa shape index (κ3) is 3.84. The summed E-state index contributed by atoms with van der Waals surface area (Å²) >= 11 is 0. The lowest BCUT2D eigenvalue weighted by Gasteiger charge is -2.27. The van der Waals surface area contributed by atoms with Crippen molar-refractivity contribution < 1.29 is 9.21 Å². The van der Waals surface area contributed by atoms with Gasteiger partial charge in [0.1, 0.15) is 5.82 Å². The number of nitrogens with one attached hydrogen (secondary N) is 1. The van der Waals surface area contributed by atoms with Crippen molar-refractivity contribution in [3.63, 3.8) is 0 Å². The molecule has 0 unspecified atom stereocenters. The van der Waals surface area contributed by atoms with Crippen molar-refractivity contribution in [1.82, 2.24) is 10.3 Å². The molecule has 1 N–H and O–H groups in total. The van der Waals surface area contributed by atoms with Gasteiger partial charge < -0.3 is 14.6 Å². The van der Waals surface area contributed by atoms with E-state index in [4.69, 9.17) is 4.42 Å². The Morgan fingerprint density at radius 1 is 1.11 bits per heavy atom. The van der Waals surface area contributed by atoms with Gasteiger partial charge in [0, 0.05) is 25.8 Å². The second kappa shape index (κ2) is 7.61. The van der Waals surface area contributed by atoms with Crippen LogP contribution in [0, 0.1) is 0 Å². The molecule has 138 valence electrons. The molecule has 1 aromatic carbocycles. The predicted molar refractivity (Wildman–Crippen MR) is 104 cm³/mol. The van der Waals surface area contributed by atoms with Crippen LogP contribution in [0.5, 0.6) is 0 Å². The van der Waals surface area contributed by atoms with Gasteiger partial charge in [0.2, 0.25) is 0 Å². The second-order valence-electron chi connectivity index (χ2n) is 6.74. The van der Waals surface area contributed by atoms with Crippen LogP contribution >= 0.6 is 0 Å². The number of amides is 1. The zero-order valence-electron chi connectivity index (χ0n) is 15.0. The normalized spacial score (nSPS) is 14.3. The lowest BCUT2D eigenvalue weighted by molar-refractivity contribution is 0.0919. The molecule has 3 aromatic rings. The molecular formula is C21H21N3O3. The van der Waals surface area contributed by atoms with E-state index in [0.29, 0.717) is 17.3 Å². The van der Waals surface area contributed by atoms with Crippen LogP contribution in [0.4, 0.5) is 5.82 Å². The van der Waals surface area contributed by atoms with Gasteiger partial charge in [-0.2, -0.15) is 0 Å². The van der Waals surface area contributed by atoms with Crippen molar-refractivity contribution in [3.05, 3.63) is 70.4 Å². The summed E-state index contributed by atoms with van der Waals surface area (Å²) in [6.07, 6.45) is 5.47. The van der Waals surface area contributed by atoms with Gasteiger partial charge in [-0.3, -0.25) is 4.79 Å². The molecule has 1 amide bonds. The van der Waals surface area contributed by atoms with E-state index in [-0.39, 0.29) is 5.76 Å². The molecule has 0 aliphatic carbocycles. The van der Waals surface area contributed by atoms with Crippen LogP contribution in [0.15, 0.2) is 57.9 Å². The van der Waals surface area contributed by atoms with Crippen molar-refractivity contribution in [2.45, 2.75) is 25.8 Å². The number of benzene rings is 1. The number of rotatable bonds is 4. The van der Waals surface area contributed by atoms with Crippen molar-refractivity contribution in [1.29, 1.82) is 0 Å². The Hall–Kier alpha value is -3.15. The molecule has 0 bridgehead atoms. The van der Waals surface area contributed by atoms with E-state index in [9.17, 15) is 9.59 Å². The van der Waals surface area contributed by atoms with E-state index in [1.807, 2.05) is 18.2 Å². The molecule has 0 saturated carbocycles. The maximum Gasteiger partial charge on any atom is 0.344 e. The van der Waals surface area contributed by atoms with Crippen molar-refractivity contribution in [2.24, 2.45) is 0 Å². The molecule has 0 radical (unpaired) electrons. The quantitative estimate of drug-likeness (QED) is 0.771. The molecule has 1 aliphatic heterocycles. The lowest BCUT2D eigenvalue weighted by atomic mass is 10.1. The minimum Gasteiger partial charge on any atom is -0.417 e. The zero-order valence-corrected chi connectivity index (χ0v) is 15.0. The number of anilines is 1. The summed E-state index contributed by atoms with van der Waals surface area (Å²) in [5.74, 6) is 0.569. The Labute approximate surface area is 156 Å². The van der Waals surface area contributed by atoms with Crippen LogP contribution in [0.3, 0.4) is 0 Å². The Kier molecular flexibility index (Phi) is 4.87. The molecule has 1 saturated heterocycles. The highest BCUT2D eigenvalue weighted by atomic mass is 16.4. The van der Waals surface area contributed by atoms with E-state index < -0.39 is 11.5 Å². The summed E-state index contributed by atoms with van der Waals surface area (Å²) in [7, 11) is 0. The number of carbonyl (C=O) groups is 1. The maximum absolute atomic E-state index is 12.4. The fourth-order valence-corrected chi connectivity index (χ4v) is 3.35. The highest BCUT2D eigenvalue weighted by molar-refractivity contribution is 5.95. The summed E-state index contributed by atoms with van der Waals surface area (Å²) in [6.45, 7) is 2.41. The summed E-state index contributed by atoms with van der Waals surface area (Å²) in [4.78, 5) is 31.2. The van der Waals surface area contributed by atoms with E-state index in [0.717, 1.165) is 24.5 Å². The molecule has 6 heteroatoms. The van der Waals surface area contributed by atoms with Gasteiger partial charge in [0.25, 0.3) is 5.91 Å². The van der Waals surface area contributed by atoms with Crippen LogP contribution < -0.4 is 15.8 Å². The number of piperidine rings is 1. The second-order valence-corrected chi connectivity index (χ2v) is 6.74. The summed E-state index contributed by atoms with van der Waals surface area (Å²) in [6, 6.07) is 12.6. The highest BCUT2D eigenvalue weighted by Gasteiger charge is 2.13. The molecule has 1 aliphatic rings. The fraction of sp³-hybridized carbons (Fsp3) is 0.286. The Morgan fingerprint density at radius 3 is 2.70 bits per heavy atom.